The highest BCUT2D eigenvalue weighted by atomic mass is 19.1. The third kappa shape index (κ3) is 5.02. The zero-order chi connectivity index (χ0) is 22.7. The summed E-state index contributed by atoms with van der Waals surface area (Å²) in [5.74, 6) is 1.84. The molecule has 168 valence electrons. The quantitative estimate of drug-likeness (QED) is 0.281. The summed E-state index contributed by atoms with van der Waals surface area (Å²) < 4.78 is 19.5. The van der Waals surface area contributed by atoms with Crippen LogP contribution in [0.4, 0.5) is 27.7 Å². The lowest BCUT2D eigenvalue weighted by Crippen LogP contribution is -2.33. The van der Waals surface area contributed by atoms with Crippen LogP contribution in [0.3, 0.4) is 0 Å². The Hall–Kier alpha value is -3.53. The second kappa shape index (κ2) is 9.31. The van der Waals surface area contributed by atoms with Crippen LogP contribution in [0.1, 0.15) is 42.5 Å². The van der Waals surface area contributed by atoms with Gasteiger partial charge in [-0.2, -0.15) is 10.1 Å². The van der Waals surface area contributed by atoms with Crippen LogP contribution < -0.4 is 16.0 Å². The van der Waals surface area contributed by atoms with Crippen LogP contribution in [0.25, 0.3) is 0 Å². The van der Waals surface area contributed by atoms with Crippen molar-refractivity contribution in [2.45, 2.75) is 38.3 Å². The highest BCUT2D eigenvalue weighted by molar-refractivity contribution is 5.87. The van der Waals surface area contributed by atoms with Gasteiger partial charge in [0, 0.05) is 61.5 Å². The van der Waals surface area contributed by atoms with Crippen molar-refractivity contribution in [2.75, 3.05) is 29.6 Å². The minimum atomic E-state index is -0.454. The average molecular weight is 439 g/mol. The lowest BCUT2D eigenvalue weighted by Gasteiger charge is -2.26. The number of halogens is 1. The van der Waals surface area contributed by atoms with Gasteiger partial charge < -0.3 is 26.1 Å². The summed E-state index contributed by atoms with van der Waals surface area (Å²) in [6.45, 7) is 2.65. The molecule has 10 heteroatoms. The van der Waals surface area contributed by atoms with Crippen LogP contribution in [-0.4, -0.2) is 46.1 Å². The molecule has 32 heavy (non-hydrogen) atoms. The molecule has 1 aliphatic carbocycles. The maximum absolute atomic E-state index is 14.0. The van der Waals surface area contributed by atoms with Crippen LogP contribution in [-0.2, 0) is 11.3 Å². The summed E-state index contributed by atoms with van der Waals surface area (Å²) >= 11 is 0. The summed E-state index contributed by atoms with van der Waals surface area (Å²) in [5.41, 5.74) is 8.32. The summed E-state index contributed by atoms with van der Waals surface area (Å²) in [6.07, 6.45) is 5.04. The Bertz CT molecular complexity index is 1100. The zero-order valence-corrected chi connectivity index (χ0v) is 18.1. The van der Waals surface area contributed by atoms with Crippen molar-refractivity contribution in [3.05, 3.63) is 53.1 Å². The average Bonchev–Trinajstić information content (AvgIpc) is 3.52. The molecule has 9 nitrogen and oxygen atoms in total. The van der Waals surface area contributed by atoms with E-state index in [1.54, 1.807) is 19.4 Å². The highest BCUT2D eigenvalue weighted by Crippen LogP contribution is 2.39. The normalized spacial score (nSPS) is 14.2. The second-order valence-electron chi connectivity index (χ2n) is 7.99. The Morgan fingerprint density at radius 3 is 2.91 bits per heavy atom. The number of aromatic amines is 1. The Kier molecular flexibility index (Phi) is 6.31. The van der Waals surface area contributed by atoms with Crippen molar-refractivity contribution in [3.63, 3.8) is 0 Å². The maximum atomic E-state index is 14.0. The largest absolute Gasteiger partial charge is 0.398 e. The Labute approximate surface area is 185 Å². The first-order valence-corrected chi connectivity index (χ1v) is 10.5. The highest BCUT2D eigenvalue weighted by Gasteiger charge is 2.25. The molecule has 1 aliphatic rings. The number of rotatable bonds is 10. The van der Waals surface area contributed by atoms with E-state index in [4.69, 9.17) is 15.9 Å². The van der Waals surface area contributed by atoms with E-state index in [9.17, 15) is 4.39 Å². The van der Waals surface area contributed by atoms with Gasteiger partial charge in [-0.15, -0.1) is 0 Å². The maximum Gasteiger partial charge on any atom is 0.227 e. The number of nitrogen functional groups attached to an aromatic ring is 1. The molecule has 0 radical (unpaired) electrons. The number of benzene rings is 1. The lowest BCUT2D eigenvalue weighted by molar-refractivity contribution is 0.122. The lowest BCUT2D eigenvalue weighted by atomic mass is 10.1. The van der Waals surface area contributed by atoms with E-state index in [0.717, 1.165) is 11.9 Å². The van der Waals surface area contributed by atoms with Crippen molar-refractivity contribution in [1.29, 1.82) is 5.41 Å². The number of anilines is 4. The molecule has 4 rings (SSSR count). The van der Waals surface area contributed by atoms with Gasteiger partial charge in [0.15, 0.2) is 5.82 Å². The van der Waals surface area contributed by atoms with Gasteiger partial charge in [0.25, 0.3) is 0 Å². The molecule has 3 aromatic rings. The van der Waals surface area contributed by atoms with E-state index in [1.165, 1.54) is 25.0 Å². The van der Waals surface area contributed by atoms with E-state index in [1.807, 2.05) is 17.9 Å². The van der Waals surface area contributed by atoms with E-state index >= 15 is 0 Å². The van der Waals surface area contributed by atoms with Gasteiger partial charge in [-0.1, -0.05) is 0 Å². The molecule has 0 aliphatic heterocycles. The number of aromatic nitrogens is 4. The van der Waals surface area contributed by atoms with Gasteiger partial charge in [0.2, 0.25) is 5.95 Å². The monoisotopic (exact) mass is 438 g/mol. The van der Waals surface area contributed by atoms with Gasteiger partial charge in [0.1, 0.15) is 11.6 Å². The summed E-state index contributed by atoms with van der Waals surface area (Å²) in [5, 5.41) is 18.3. The Morgan fingerprint density at radius 2 is 2.19 bits per heavy atom. The van der Waals surface area contributed by atoms with Crippen LogP contribution >= 0.6 is 0 Å². The molecule has 0 spiro atoms. The first-order valence-electron chi connectivity index (χ1n) is 10.5. The number of methoxy groups -OCH3 is 1. The number of ether oxygens (including phenoxy) is 1. The minimum Gasteiger partial charge on any atom is -0.398 e. The number of nitrogens with one attached hydrogen (secondary N) is 3. The third-order valence-electron chi connectivity index (χ3n) is 5.44. The van der Waals surface area contributed by atoms with Gasteiger partial charge in [-0.25, -0.2) is 9.37 Å². The molecule has 2 aromatic heterocycles. The Morgan fingerprint density at radius 1 is 1.38 bits per heavy atom. The second-order valence-corrected chi connectivity index (χ2v) is 7.99. The SMILES string of the molecule is COC(C)CN(Cc1cc(F)cc(N)c1C=N)c1nccc(Nc2cc(C3CC3)[nH]n2)n1. The van der Waals surface area contributed by atoms with Crippen molar-refractivity contribution >= 4 is 29.5 Å². The molecule has 2 heterocycles. The van der Waals surface area contributed by atoms with E-state index < -0.39 is 5.82 Å². The van der Waals surface area contributed by atoms with Crippen molar-refractivity contribution in [2.24, 2.45) is 0 Å². The first-order chi connectivity index (χ1) is 15.5. The Balaban J connectivity index is 1.60. The molecule has 1 unspecified atom stereocenters. The fourth-order valence-corrected chi connectivity index (χ4v) is 3.52. The van der Waals surface area contributed by atoms with Crippen LogP contribution in [0.2, 0.25) is 0 Å². The fraction of sp³-hybridized carbons (Fsp3) is 0.364. The predicted molar refractivity (Wildman–Crippen MR) is 122 cm³/mol. The van der Waals surface area contributed by atoms with E-state index in [-0.39, 0.29) is 18.3 Å². The smallest absolute Gasteiger partial charge is 0.227 e. The standard InChI is InChI=1S/C22H27FN8O/c1-13(32-2)11-31(12-15-7-16(23)8-18(25)17(15)10-24)22-26-6-5-20(28-22)27-21-9-19(29-30-21)14-3-4-14/h5-10,13-14,24H,3-4,11-12,25H2,1-2H3,(H2,26,27,28,29,30). The van der Waals surface area contributed by atoms with Gasteiger partial charge in [-0.3, -0.25) is 5.10 Å². The van der Waals surface area contributed by atoms with Crippen LogP contribution in [0.15, 0.2) is 30.5 Å². The number of nitrogens with two attached hydrogens (primary N) is 1. The van der Waals surface area contributed by atoms with Crippen molar-refractivity contribution in [3.8, 4) is 0 Å². The molecule has 0 amide bonds. The molecule has 1 aromatic carbocycles. The molecular weight excluding hydrogens is 411 g/mol. The predicted octanol–water partition coefficient (Wildman–Crippen LogP) is 3.58. The van der Waals surface area contributed by atoms with Gasteiger partial charge >= 0.3 is 0 Å². The fourth-order valence-electron chi connectivity index (χ4n) is 3.52. The number of hydrogen-bond donors (Lipinski definition) is 4. The number of H-pyrrole nitrogens is 1. The van der Waals surface area contributed by atoms with Gasteiger partial charge in [-0.05, 0) is 43.5 Å². The van der Waals surface area contributed by atoms with Crippen molar-refractivity contribution < 1.29 is 9.13 Å². The first kappa shape index (κ1) is 21.7. The van der Waals surface area contributed by atoms with Crippen LogP contribution in [0.5, 0.6) is 0 Å². The molecule has 1 atom stereocenters. The van der Waals surface area contributed by atoms with Crippen LogP contribution in [0, 0.1) is 11.2 Å². The molecular formula is C22H27FN8O. The summed E-state index contributed by atoms with van der Waals surface area (Å²) in [6, 6.07) is 6.35. The number of nitrogens with zero attached hydrogens (tertiary/aromatic N) is 4. The molecule has 1 fully saturated rings. The minimum absolute atomic E-state index is 0.128. The van der Waals surface area contributed by atoms with Crippen molar-refractivity contribution in [1.82, 2.24) is 20.2 Å². The van der Waals surface area contributed by atoms with E-state index in [0.29, 0.717) is 41.2 Å². The summed E-state index contributed by atoms with van der Waals surface area (Å²) in [7, 11) is 1.62. The molecule has 0 saturated heterocycles. The molecule has 5 N–H and O–H groups in total. The third-order valence-corrected chi connectivity index (χ3v) is 5.44. The van der Waals surface area contributed by atoms with E-state index in [2.05, 4.69) is 25.5 Å². The topological polar surface area (TPSA) is 129 Å². The zero-order valence-electron chi connectivity index (χ0n) is 18.1. The summed E-state index contributed by atoms with van der Waals surface area (Å²) in [4.78, 5) is 10.9. The number of hydrogen-bond acceptors (Lipinski definition) is 8. The molecule has 1 saturated carbocycles. The van der Waals surface area contributed by atoms with Gasteiger partial charge in [0.05, 0.1) is 6.10 Å². The molecule has 0 bridgehead atoms.